The summed E-state index contributed by atoms with van der Waals surface area (Å²) in [6.45, 7) is 8.87. The molecule has 0 aliphatic carbocycles. The molecule has 1 aromatic carbocycles. The summed E-state index contributed by atoms with van der Waals surface area (Å²) in [4.78, 5) is 29.6. The zero-order valence-electron chi connectivity index (χ0n) is 17.3. The Hall–Kier alpha value is -2.08. The van der Waals surface area contributed by atoms with E-state index in [-0.39, 0.29) is 24.1 Å². The van der Waals surface area contributed by atoms with Crippen LogP contribution in [-0.2, 0) is 9.53 Å². The predicted molar refractivity (Wildman–Crippen MR) is 109 cm³/mol. The summed E-state index contributed by atoms with van der Waals surface area (Å²) < 4.78 is 5.37. The van der Waals surface area contributed by atoms with E-state index in [0.717, 1.165) is 57.4 Å². The van der Waals surface area contributed by atoms with Gasteiger partial charge in [0.2, 0.25) is 5.91 Å². The molecule has 3 rings (SSSR count). The first kappa shape index (κ1) is 20.6. The summed E-state index contributed by atoms with van der Waals surface area (Å²) in [5.74, 6) is 0.210. The molecule has 6 nitrogen and oxygen atoms in total. The molecule has 1 unspecified atom stereocenters. The molecule has 0 aromatic heterocycles. The summed E-state index contributed by atoms with van der Waals surface area (Å²) >= 11 is 0. The van der Waals surface area contributed by atoms with Gasteiger partial charge in [-0.25, -0.2) is 4.79 Å². The van der Waals surface area contributed by atoms with Gasteiger partial charge in [-0.3, -0.25) is 9.69 Å². The van der Waals surface area contributed by atoms with Crippen LogP contribution in [0.3, 0.4) is 0 Å². The second-order valence-corrected chi connectivity index (χ2v) is 8.80. The first-order chi connectivity index (χ1) is 13.3. The fourth-order valence-electron chi connectivity index (χ4n) is 4.03. The molecule has 154 valence electrons. The molecule has 2 fully saturated rings. The zero-order valence-corrected chi connectivity index (χ0v) is 17.3. The molecule has 2 aliphatic rings. The Morgan fingerprint density at radius 1 is 1.04 bits per heavy atom. The molecule has 0 radical (unpaired) electrons. The largest absolute Gasteiger partial charge is 0.444 e. The van der Waals surface area contributed by atoms with Crippen molar-refractivity contribution in [1.29, 1.82) is 0 Å². The minimum absolute atomic E-state index is 0.0874. The third kappa shape index (κ3) is 5.47. The van der Waals surface area contributed by atoms with Gasteiger partial charge in [0, 0.05) is 32.2 Å². The second kappa shape index (κ2) is 8.95. The van der Waals surface area contributed by atoms with Crippen molar-refractivity contribution in [2.24, 2.45) is 0 Å². The molecule has 1 N–H and O–H groups in total. The standard InChI is InChI=1S/C22H33N3O3/c1-22(2,3)28-21(27)23-18-11-15-24(16-12-18)19(17-9-5-4-6-10-17)20(26)25-13-7-8-14-25/h4-6,9-10,18-19H,7-8,11-16H2,1-3H3,(H,23,27). The van der Waals surface area contributed by atoms with E-state index in [2.05, 4.69) is 10.2 Å². The molecule has 0 spiro atoms. The summed E-state index contributed by atoms with van der Waals surface area (Å²) in [7, 11) is 0. The third-order valence-electron chi connectivity index (χ3n) is 5.38. The number of benzene rings is 1. The van der Waals surface area contributed by atoms with Crippen LogP contribution in [0, 0.1) is 0 Å². The highest BCUT2D eigenvalue weighted by Gasteiger charge is 2.35. The lowest BCUT2D eigenvalue weighted by atomic mass is 9.98. The summed E-state index contributed by atoms with van der Waals surface area (Å²) in [5, 5.41) is 2.98. The molecule has 2 heterocycles. The van der Waals surface area contributed by atoms with Gasteiger partial charge in [0.1, 0.15) is 11.6 Å². The maximum atomic E-state index is 13.3. The van der Waals surface area contributed by atoms with Crippen molar-refractivity contribution in [2.45, 2.75) is 64.1 Å². The Kier molecular flexibility index (Phi) is 6.60. The van der Waals surface area contributed by atoms with E-state index in [9.17, 15) is 9.59 Å². The predicted octanol–water partition coefficient (Wildman–Crippen LogP) is 3.34. The van der Waals surface area contributed by atoms with Crippen molar-refractivity contribution in [1.82, 2.24) is 15.1 Å². The Morgan fingerprint density at radius 2 is 1.64 bits per heavy atom. The van der Waals surface area contributed by atoms with Crippen LogP contribution in [-0.4, -0.2) is 59.6 Å². The van der Waals surface area contributed by atoms with E-state index in [1.165, 1.54) is 0 Å². The molecule has 1 atom stereocenters. The van der Waals surface area contributed by atoms with Crippen LogP contribution in [0.25, 0.3) is 0 Å². The van der Waals surface area contributed by atoms with Gasteiger partial charge in [-0.1, -0.05) is 30.3 Å². The van der Waals surface area contributed by atoms with Gasteiger partial charge in [0.05, 0.1) is 0 Å². The van der Waals surface area contributed by atoms with E-state index < -0.39 is 5.60 Å². The summed E-state index contributed by atoms with van der Waals surface area (Å²) in [6, 6.07) is 9.92. The first-order valence-electron chi connectivity index (χ1n) is 10.4. The SMILES string of the molecule is CC(C)(C)OC(=O)NC1CCN(C(C(=O)N2CCCC2)c2ccccc2)CC1. The van der Waals surface area contributed by atoms with Gasteiger partial charge < -0.3 is 15.0 Å². The van der Waals surface area contributed by atoms with Crippen molar-refractivity contribution < 1.29 is 14.3 Å². The minimum Gasteiger partial charge on any atom is -0.444 e. The number of rotatable bonds is 4. The van der Waals surface area contributed by atoms with E-state index in [0.29, 0.717) is 0 Å². The van der Waals surface area contributed by atoms with Crippen molar-refractivity contribution in [3.05, 3.63) is 35.9 Å². The van der Waals surface area contributed by atoms with Gasteiger partial charge in [-0.05, 0) is 52.0 Å². The smallest absolute Gasteiger partial charge is 0.407 e. The Labute approximate surface area is 168 Å². The zero-order chi connectivity index (χ0) is 20.1. The minimum atomic E-state index is -0.495. The number of alkyl carbamates (subject to hydrolysis) is 1. The van der Waals surface area contributed by atoms with E-state index in [1.807, 2.05) is 56.0 Å². The monoisotopic (exact) mass is 387 g/mol. The third-order valence-corrected chi connectivity index (χ3v) is 5.38. The Bertz CT molecular complexity index is 657. The van der Waals surface area contributed by atoms with Gasteiger partial charge in [0.25, 0.3) is 0 Å². The second-order valence-electron chi connectivity index (χ2n) is 8.80. The Balaban J connectivity index is 1.63. The highest BCUT2D eigenvalue weighted by Crippen LogP contribution is 2.28. The maximum absolute atomic E-state index is 13.3. The van der Waals surface area contributed by atoms with E-state index in [1.54, 1.807) is 0 Å². The lowest BCUT2D eigenvalue weighted by Crippen LogP contribution is -2.49. The van der Waals surface area contributed by atoms with E-state index in [4.69, 9.17) is 4.74 Å². The lowest BCUT2D eigenvalue weighted by molar-refractivity contribution is -0.136. The van der Waals surface area contributed by atoms with Crippen LogP contribution in [0.4, 0.5) is 4.79 Å². The van der Waals surface area contributed by atoms with Gasteiger partial charge in [-0.15, -0.1) is 0 Å². The number of carbonyl (C=O) groups excluding carboxylic acids is 2. The van der Waals surface area contributed by atoms with Crippen LogP contribution in [0.1, 0.15) is 58.1 Å². The number of amides is 2. The van der Waals surface area contributed by atoms with E-state index >= 15 is 0 Å². The average Bonchev–Trinajstić information content (AvgIpc) is 3.17. The topological polar surface area (TPSA) is 61.9 Å². The van der Waals surface area contributed by atoms with Crippen LogP contribution < -0.4 is 5.32 Å². The number of likely N-dealkylation sites (tertiary alicyclic amines) is 2. The quantitative estimate of drug-likeness (QED) is 0.861. The van der Waals surface area contributed by atoms with Crippen LogP contribution in [0.5, 0.6) is 0 Å². The fourth-order valence-corrected chi connectivity index (χ4v) is 4.03. The molecule has 2 aliphatic heterocycles. The normalized spacial score (nSPS) is 20.0. The number of nitrogens with zero attached hydrogens (tertiary/aromatic N) is 2. The number of ether oxygens (including phenoxy) is 1. The summed E-state index contributed by atoms with van der Waals surface area (Å²) in [5.41, 5.74) is 0.559. The van der Waals surface area contributed by atoms with Crippen molar-refractivity contribution in [3.8, 4) is 0 Å². The maximum Gasteiger partial charge on any atom is 0.407 e. The molecule has 0 bridgehead atoms. The number of hydrogen-bond acceptors (Lipinski definition) is 4. The molecule has 28 heavy (non-hydrogen) atoms. The van der Waals surface area contributed by atoms with Crippen molar-refractivity contribution >= 4 is 12.0 Å². The average molecular weight is 388 g/mol. The van der Waals surface area contributed by atoms with Gasteiger partial charge in [0.15, 0.2) is 0 Å². The first-order valence-corrected chi connectivity index (χ1v) is 10.4. The number of hydrogen-bond donors (Lipinski definition) is 1. The molecule has 0 saturated carbocycles. The number of carbonyl (C=O) groups is 2. The number of nitrogens with one attached hydrogen (secondary N) is 1. The summed E-state index contributed by atoms with van der Waals surface area (Å²) in [6.07, 6.45) is 3.45. The molecule has 2 amide bonds. The van der Waals surface area contributed by atoms with Gasteiger partial charge >= 0.3 is 6.09 Å². The molecule has 2 saturated heterocycles. The lowest BCUT2D eigenvalue weighted by Gasteiger charge is -2.38. The molecular weight excluding hydrogens is 354 g/mol. The van der Waals surface area contributed by atoms with Crippen molar-refractivity contribution in [3.63, 3.8) is 0 Å². The van der Waals surface area contributed by atoms with Crippen LogP contribution in [0.15, 0.2) is 30.3 Å². The molecule has 1 aromatic rings. The molecular formula is C22H33N3O3. The van der Waals surface area contributed by atoms with Crippen LogP contribution >= 0.6 is 0 Å². The van der Waals surface area contributed by atoms with Crippen LogP contribution in [0.2, 0.25) is 0 Å². The Morgan fingerprint density at radius 3 is 2.21 bits per heavy atom. The highest BCUT2D eigenvalue weighted by atomic mass is 16.6. The molecule has 6 heteroatoms. The van der Waals surface area contributed by atoms with Crippen molar-refractivity contribution in [2.75, 3.05) is 26.2 Å². The fraction of sp³-hybridized carbons (Fsp3) is 0.636. The highest BCUT2D eigenvalue weighted by molar-refractivity contribution is 5.83. The number of piperidine rings is 1. The van der Waals surface area contributed by atoms with Gasteiger partial charge in [-0.2, -0.15) is 0 Å².